The molecule has 0 bridgehead atoms. The molecule has 1 N–H and O–H groups in total. The lowest BCUT2D eigenvalue weighted by molar-refractivity contribution is 0.0944. The number of hydrogen-bond acceptors (Lipinski definition) is 2. The first-order valence-electron chi connectivity index (χ1n) is 6.47. The molecule has 3 nitrogen and oxygen atoms in total. The molecule has 1 saturated carbocycles. The van der Waals surface area contributed by atoms with Crippen molar-refractivity contribution in [1.82, 2.24) is 10.3 Å². The van der Waals surface area contributed by atoms with Gasteiger partial charge in [-0.05, 0) is 43.7 Å². The Hall–Kier alpha value is -0.900. The molecular weight excluding hydrogens is 292 g/mol. The Morgan fingerprint density at radius 1 is 1.50 bits per heavy atom. The molecule has 0 aromatic carbocycles. The number of carbonyl (C=O) groups excluding carboxylic acids is 1. The highest BCUT2D eigenvalue weighted by molar-refractivity contribution is 9.09. The van der Waals surface area contributed by atoms with Crippen molar-refractivity contribution < 1.29 is 4.79 Å². The van der Waals surface area contributed by atoms with Crippen LogP contribution >= 0.6 is 15.9 Å². The first-order valence-corrected chi connectivity index (χ1v) is 7.59. The summed E-state index contributed by atoms with van der Waals surface area (Å²) in [4.78, 5) is 16.1. The Kier molecular flexibility index (Phi) is 4.75. The summed E-state index contributed by atoms with van der Waals surface area (Å²) in [5, 5.41) is 4.09. The van der Waals surface area contributed by atoms with Crippen molar-refractivity contribution >= 4 is 21.8 Å². The molecule has 2 rings (SSSR count). The summed E-state index contributed by atoms with van der Waals surface area (Å²) in [6.45, 7) is 2.69. The van der Waals surface area contributed by atoms with Gasteiger partial charge >= 0.3 is 0 Å². The summed E-state index contributed by atoms with van der Waals surface area (Å²) in [5.74, 6) is 1.35. The molecule has 2 unspecified atom stereocenters. The predicted molar refractivity (Wildman–Crippen MR) is 75.9 cm³/mol. The molecule has 0 aliphatic heterocycles. The minimum atomic E-state index is 0.0146. The zero-order valence-electron chi connectivity index (χ0n) is 10.7. The third-order valence-corrected chi connectivity index (χ3v) is 4.53. The van der Waals surface area contributed by atoms with Crippen LogP contribution in [0.2, 0.25) is 0 Å². The highest BCUT2D eigenvalue weighted by atomic mass is 79.9. The van der Waals surface area contributed by atoms with E-state index in [0.29, 0.717) is 17.4 Å². The van der Waals surface area contributed by atoms with E-state index in [-0.39, 0.29) is 5.91 Å². The normalized spacial score (nSPS) is 23.0. The number of pyridine rings is 1. The summed E-state index contributed by atoms with van der Waals surface area (Å²) >= 11 is 3.56. The van der Waals surface area contributed by atoms with Gasteiger partial charge in [0.1, 0.15) is 0 Å². The molecule has 1 aliphatic rings. The number of rotatable bonds is 4. The summed E-state index contributed by atoms with van der Waals surface area (Å²) in [5.41, 5.74) is 1.58. The lowest BCUT2D eigenvalue weighted by Gasteiger charge is -2.17. The molecule has 0 spiro atoms. The number of carbonyl (C=O) groups is 1. The first-order chi connectivity index (χ1) is 8.70. The molecular formula is C14H19BrN2O. The molecule has 1 aliphatic carbocycles. The molecule has 1 heterocycles. The van der Waals surface area contributed by atoms with Crippen LogP contribution in [-0.2, 0) is 0 Å². The number of hydrogen-bond donors (Lipinski definition) is 1. The van der Waals surface area contributed by atoms with Crippen molar-refractivity contribution in [2.75, 3.05) is 11.9 Å². The Balaban J connectivity index is 1.88. The van der Waals surface area contributed by atoms with Crippen molar-refractivity contribution in [3.05, 3.63) is 29.6 Å². The second kappa shape index (κ2) is 6.32. The van der Waals surface area contributed by atoms with Crippen LogP contribution in [0.4, 0.5) is 0 Å². The zero-order chi connectivity index (χ0) is 13.0. The van der Waals surface area contributed by atoms with E-state index in [4.69, 9.17) is 0 Å². The Labute approximate surface area is 117 Å². The number of halogens is 1. The SMILES string of the molecule is Cc1cc(C(=O)NCC2CCCC2CBr)ccn1. The predicted octanol–water partition coefficient (Wildman–Crippen LogP) is 2.93. The van der Waals surface area contributed by atoms with E-state index >= 15 is 0 Å². The highest BCUT2D eigenvalue weighted by Crippen LogP contribution is 2.32. The van der Waals surface area contributed by atoms with E-state index in [1.165, 1.54) is 19.3 Å². The molecule has 1 aromatic heterocycles. The summed E-state index contributed by atoms with van der Waals surface area (Å²) in [7, 11) is 0. The van der Waals surface area contributed by atoms with Crippen molar-refractivity contribution in [3.63, 3.8) is 0 Å². The van der Waals surface area contributed by atoms with Gasteiger partial charge in [-0.2, -0.15) is 0 Å². The highest BCUT2D eigenvalue weighted by Gasteiger charge is 2.26. The van der Waals surface area contributed by atoms with Gasteiger partial charge < -0.3 is 5.32 Å². The fourth-order valence-electron chi connectivity index (χ4n) is 2.60. The van der Waals surface area contributed by atoms with Gasteiger partial charge in [-0.1, -0.05) is 22.4 Å². The standard InChI is InChI=1S/C14H19BrN2O/c1-10-7-11(5-6-16-10)14(18)17-9-13-4-2-3-12(13)8-15/h5-7,12-13H,2-4,8-9H2,1H3,(H,17,18). The number of amides is 1. The summed E-state index contributed by atoms with van der Waals surface area (Å²) in [6.07, 6.45) is 5.47. The van der Waals surface area contributed by atoms with Crippen LogP contribution in [0.5, 0.6) is 0 Å². The lowest BCUT2D eigenvalue weighted by atomic mass is 9.98. The van der Waals surface area contributed by atoms with Crippen molar-refractivity contribution in [3.8, 4) is 0 Å². The van der Waals surface area contributed by atoms with Crippen LogP contribution in [0, 0.1) is 18.8 Å². The van der Waals surface area contributed by atoms with Gasteiger partial charge in [0.25, 0.3) is 5.91 Å². The minimum absolute atomic E-state index is 0.0146. The van der Waals surface area contributed by atoms with Gasteiger partial charge in [-0.25, -0.2) is 0 Å². The maximum absolute atomic E-state index is 12.0. The van der Waals surface area contributed by atoms with Gasteiger partial charge in [-0.3, -0.25) is 9.78 Å². The fourth-order valence-corrected chi connectivity index (χ4v) is 3.45. The third kappa shape index (κ3) is 3.31. The molecule has 2 atom stereocenters. The van der Waals surface area contributed by atoms with Crippen LogP contribution in [0.1, 0.15) is 35.3 Å². The lowest BCUT2D eigenvalue weighted by Crippen LogP contribution is -2.31. The molecule has 1 fully saturated rings. The van der Waals surface area contributed by atoms with Gasteiger partial charge in [0.05, 0.1) is 0 Å². The number of nitrogens with zero attached hydrogens (tertiary/aromatic N) is 1. The molecule has 1 aromatic rings. The van der Waals surface area contributed by atoms with Crippen LogP contribution in [0.15, 0.2) is 18.3 Å². The van der Waals surface area contributed by atoms with Gasteiger partial charge in [0.15, 0.2) is 0 Å². The second-order valence-corrected chi connectivity index (χ2v) is 5.65. The third-order valence-electron chi connectivity index (χ3n) is 3.70. The van der Waals surface area contributed by atoms with E-state index in [9.17, 15) is 4.79 Å². The second-order valence-electron chi connectivity index (χ2n) is 5.00. The summed E-state index contributed by atoms with van der Waals surface area (Å²) < 4.78 is 0. The average Bonchev–Trinajstić information content (AvgIpc) is 2.83. The molecule has 4 heteroatoms. The number of alkyl halides is 1. The van der Waals surface area contributed by atoms with Crippen LogP contribution in [0.25, 0.3) is 0 Å². The Bertz CT molecular complexity index is 422. The van der Waals surface area contributed by atoms with Gasteiger partial charge in [-0.15, -0.1) is 0 Å². The van der Waals surface area contributed by atoms with Crippen molar-refractivity contribution in [2.45, 2.75) is 26.2 Å². The number of aryl methyl sites for hydroxylation is 1. The Morgan fingerprint density at radius 3 is 3.00 bits per heavy atom. The van der Waals surface area contributed by atoms with E-state index in [2.05, 4.69) is 26.2 Å². The van der Waals surface area contributed by atoms with E-state index in [1.54, 1.807) is 12.3 Å². The van der Waals surface area contributed by atoms with Crippen LogP contribution < -0.4 is 5.32 Å². The molecule has 0 saturated heterocycles. The van der Waals surface area contributed by atoms with E-state index in [1.807, 2.05) is 13.0 Å². The fraction of sp³-hybridized carbons (Fsp3) is 0.571. The molecule has 0 radical (unpaired) electrons. The first kappa shape index (κ1) is 13.5. The maximum Gasteiger partial charge on any atom is 0.251 e. The van der Waals surface area contributed by atoms with E-state index < -0.39 is 0 Å². The molecule has 98 valence electrons. The molecule has 18 heavy (non-hydrogen) atoms. The number of nitrogens with one attached hydrogen (secondary N) is 1. The maximum atomic E-state index is 12.0. The number of aromatic nitrogens is 1. The van der Waals surface area contributed by atoms with Crippen LogP contribution in [0.3, 0.4) is 0 Å². The van der Waals surface area contributed by atoms with Crippen LogP contribution in [-0.4, -0.2) is 22.8 Å². The topological polar surface area (TPSA) is 42.0 Å². The Morgan fingerprint density at radius 2 is 2.28 bits per heavy atom. The largest absolute Gasteiger partial charge is 0.352 e. The van der Waals surface area contributed by atoms with Crippen molar-refractivity contribution in [2.24, 2.45) is 11.8 Å². The molecule has 1 amide bonds. The zero-order valence-corrected chi connectivity index (χ0v) is 12.2. The minimum Gasteiger partial charge on any atom is -0.352 e. The van der Waals surface area contributed by atoms with Gasteiger partial charge in [0.2, 0.25) is 0 Å². The smallest absolute Gasteiger partial charge is 0.251 e. The van der Waals surface area contributed by atoms with Crippen molar-refractivity contribution in [1.29, 1.82) is 0 Å². The summed E-state index contributed by atoms with van der Waals surface area (Å²) in [6, 6.07) is 3.59. The quantitative estimate of drug-likeness (QED) is 0.869. The monoisotopic (exact) mass is 310 g/mol. The van der Waals surface area contributed by atoms with Gasteiger partial charge in [0, 0.05) is 29.3 Å². The average molecular weight is 311 g/mol. The van der Waals surface area contributed by atoms with E-state index in [0.717, 1.165) is 17.6 Å².